The van der Waals surface area contributed by atoms with E-state index in [2.05, 4.69) is 11.4 Å². The molecule has 30 heavy (non-hydrogen) atoms. The van der Waals surface area contributed by atoms with Crippen LogP contribution in [0.3, 0.4) is 0 Å². The van der Waals surface area contributed by atoms with Crippen LogP contribution in [0.5, 0.6) is 11.5 Å². The molecular weight excluding hydrogens is 378 g/mol. The Kier molecular flexibility index (Phi) is 5.44. The Balaban J connectivity index is 1.37. The lowest BCUT2D eigenvalue weighted by Crippen LogP contribution is -2.28. The van der Waals surface area contributed by atoms with Crippen molar-refractivity contribution in [2.75, 3.05) is 16.8 Å². The summed E-state index contributed by atoms with van der Waals surface area (Å²) in [4.78, 5) is 26.6. The van der Waals surface area contributed by atoms with Crippen molar-refractivity contribution >= 4 is 23.2 Å². The van der Waals surface area contributed by atoms with Crippen LogP contribution in [-0.2, 0) is 9.59 Å². The smallest absolute Gasteiger partial charge is 0.229 e. The van der Waals surface area contributed by atoms with E-state index in [0.29, 0.717) is 29.2 Å². The van der Waals surface area contributed by atoms with Gasteiger partial charge in [0.2, 0.25) is 11.8 Å². The zero-order valence-corrected chi connectivity index (χ0v) is 16.1. The van der Waals surface area contributed by atoms with Crippen molar-refractivity contribution in [1.29, 1.82) is 5.26 Å². The molecule has 1 unspecified atom stereocenters. The fraction of sp³-hybridized carbons (Fsp3) is 0.125. The van der Waals surface area contributed by atoms with Gasteiger partial charge in [0.25, 0.3) is 0 Å². The van der Waals surface area contributed by atoms with Gasteiger partial charge in [-0.15, -0.1) is 0 Å². The molecular formula is C24H19N3O3. The number of hydrogen-bond donors (Lipinski definition) is 1. The Bertz CT molecular complexity index is 1090. The number of anilines is 2. The van der Waals surface area contributed by atoms with E-state index in [1.807, 2.05) is 30.3 Å². The summed E-state index contributed by atoms with van der Waals surface area (Å²) in [5, 5.41) is 11.8. The van der Waals surface area contributed by atoms with Gasteiger partial charge in [0.1, 0.15) is 11.5 Å². The quantitative estimate of drug-likeness (QED) is 0.694. The molecule has 6 nitrogen and oxygen atoms in total. The molecule has 1 saturated heterocycles. The number of hydrogen-bond acceptors (Lipinski definition) is 4. The van der Waals surface area contributed by atoms with E-state index in [4.69, 9.17) is 10.00 Å². The Hall–Kier alpha value is -4.11. The van der Waals surface area contributed by atoms with Gasteiger partial charge in [-0.25, -0.2) is 0 Å². The van der Waals surface area contributed by atoms with E-state index >= 15 is 0 Å². The topological polar surface area (TPSA) is 82.4 Å². The normalized spacial score (nSPS) is 15.5. The van der Waals surface area contributed by atoms with E-state index in [-0.39, 0.29) is 18.2 Å². The minimum absolute atomic E-state index is 0.105. The minimum Gasteiger partial charge on any atom is -0.457 e. The summed E-state index contributed by atoms with van der Waals surface area (Å²) in [6.45, 7) is 0.311. The van der Waals surface area contributed by atoms with Crippen molar-refractivity contribution in [2.45, 2.75) is 6.42 Å². The molecule has 0 radical (unpaired) electrons. The first-order chi connectivity index (χ1) is 14.6. The number of ether oxygens (including phenoxy) is 1. The minimum atomic E-state index is -0.437. The SMILES string of the molecule is N#Cc1ccc(N2CC(C(=O)Nc3ccc(Oc4ccccc4)cc3)CC2=O)cc1. The number of carbonyl (C=O) groups is 2. The number of para-hydroxylation sites is 1. The summed E-state index contributed by atoms with van der Waals surface area (Å²) < 4.78 is 5.75. The average Bonchev–Trinajstić information content (AvgIpc) is 3.18. The lowest BCUT2D eigenvalue weighted by Gasteiger charge is -2.16. The van der Waals surface area contributed by atoms with E-state index in [9.17, 15) is 9.59 Å². The monoisotopic (exact) mass is 397 g/mol. The van der Waals surface area contributed by atoms with Crippen LogP contribution >= 0.6 is 0 Å². The number of rotatable bonds is 5. The third-order valence-corrected chi connectivity index (χ3v) is 4.90. The van der Waals surface area contributed by atoms with Gasteiger partial charge >= 0.3 is 0 Å². The number of amides is 2. The van der Waals surface area contributed by atoms with Gasteiger partial charge in [-0.3, -0.25) is 9.59 Å². The van der Waals surface area contributed by atoms with E-state index < -0.39 is 5.92 Å². The maximum Gasteiger partial charge on any atom is 0.229 e. The first-order valence-corrected chi connectivity index (χ1v) is 9.57. The molecule has 6 heteroatoms. The van der Waals surface area contributed by atoms with Gasteiger partial charge in [-0.05, 0) is 60.7 Å². The standard InChI is InChI=1S/C24H19N3O3/c25-15-17-6-10-20(11-7-17)27-16-18(14-23(27)28)24(29)26-19-8-12-22(13-9-19)30-21-4-2-1-3-5-21/h1-13,18H,14,16H2,(H,26,29). The first kappa shape index (κ1) is 19.2. The van der Waals surface area contributed by atoms with Gasteiger partial charge in [-0.1, -0.05) is 18.2 Å². The summed E-state index contributed by atoms with van der Waals surface area (Å²) in [5.74, 6) is 0.667. The molecule has 2 amide bonds. The summed E-state index contributed by atoms with van der Waals surface area (Å²) >= 11 is 0. The Morgan fingerprint density at radius 2 is 1.63 bits per heavy atom. The second-order valence-corrected chi connectivity index (χ2v) is 6.99. The van der Waals surface area contributed by atoms with Crippen molar-refractivity contribution in [3.63, 3.8) is 0 Å². The third kappa shape index (κ3) is 4.31. The molecule has 148 valence electrons. The van der Waals surface area contributed by atoms with Crippen LogP contribution in [0, 0.1) is 17.2 Å². The molecule has 1 N–H and O–H groups in total. The maximum atomic E-state index is 12.6. The van der Waals surface area contributed by atoms with Crippen LogP contribution in [0.1, 0.15) is 12.0 Å². The lowest BCUT2D eigenvalue weighted by atomic mass is 10.1. The molecule has 1 fully saturated rings. The first-order valence-electron chi connectivity index (χ1n) is 9.57. The predicted octanol–water partition coefficient (Wildman–Crippen LogP) is 4.34. The largest absolute Gasteiger partial charge is 0.457 e. The number of carbonyl (C=O) groups excluding carboxylic acids is 2. The van der Waals surface area contributed by atoms with Crippen LogP contribution in [0.25, 0.3) is 0 Å². The molecule has 0 saturated carbocycles. The van der Waals surface area contributed by atoms with Crippen LogP contribution in [-0.4, -0.2) is 18.4 Å². The maximum absolute atomic E-state index is 12.6. The van der Waals surface area contributed by atoms with Crippen molar-refractivity contribution in [1.82, 2.24) is 0 Å². The molecule has 0 aromatic heterocycles. The van der Waals surface area contributed by atoms with E-state index in [1.54, 1.807) is 53.4 Å². The predicted molar refractivity (Wildman–Crippen MR) is 113 cm³/mol. The number of nitrogens with zero attached hydrogens (tertiary/aromatic N) is 2. The summed E-state index contributed by atoms with van der Waals surface area (Å²) in [7, 11) is 0. The number of nitriles is 1. The second kappa shape index (κ2) is 8.50. The van der Waals surface area contributed by atoms with E-state index in [1.165, 1.54) is 0 Å². The third-order valence-electron chi connectivity index (χ3n) is 4.90. The Morgan fingerprint density at radius 3 is 2.30 bits per heavy atom. The number of nitrogens with one attached hydrogen (secondary N) is 1. The highest BCUT2D eigenvalue weighted by Gasteiger charge is 2.35. The van der Waals surface area contributed by atoms with Crippen molar-refractivity contribution in [3.05, 3.63) is 84.4 Å². The molecule has 1 aliphatic rings. The molecule has 1 atom stereocenters. The van der Waals surface area contributed by atoms with Gasteiger partial charge < -0.3 is 15.0 Å². The van der Waals surface area contributed by atoms with Crippen molar-refractivity contribution < 1.29 is 14.3 Å². The van der Waals surface area contributed by atoms with Crippen LogP contribution in [0.2, 0.25) is 0 Å². The summed E-state index contributed by atoms with van der Waals surface area (Å²) in [5.41, 5.74) is 1.86. The Labute approximate surface area is 174 Å². The van der Waals surface area contributed by atoms with Gasteiger partial charge in [0, 0.05) is 24.3 Å². The van der Waals surface area contributed by atoms with Crippen molar-refractivity contribution in [2.24, 2.45) is 5.92 Å². The summed E-state index contributed by atoms with van der Waals surface area (Å²) in [6.07, 6.45) is 0.154. The zero-order chi connectivity index (χ0) is 20.9. The fourth-order valence-corrected chi connectivity index (χ4v) is 3.32. The summed E-state index contributed by atoms with van der Waals surface area (Å²) in [6, 6.07) is 25.4. The van der Waals surface area contributed by atoms with E-state index in [0.717, 1.165) is 5.75 Å². The number of benzene rings is 3. The highest BCUT2D eigenvalue weighted by Crippen LogP contribution is 2.27. The molecule has 3 aromatic carbocycles. The molecule has 1 heterocycles. The fourth-order valence-electron chi connectivity index (χ4n) is 3.32. The average molecular weight is 397 g/mol. The highest BCUT2D eigenvalue weighted by molar-refractivity contribution is 6.03. The molecule has 0 bridgehead atoms. The van der Waals surface area contributed by atoms with Crippen LogP contribution in [0.4, 0.5) is 11.4 Å². The lowest BCUT2D eigenvalue weighted by molar-refractivity contribution is -0.122. The second-order valence-electron chi connectivity index (χ2n) is 6.99. The van der Waals surface area contributed by atoms with Gasteiger partial charge in [0.05, 0.1) is 17.6 Å². The highest BCUT2D eigenvalue weighted by atomic mass is 16.5. The molecule has 3 aromatic rings. The van der Waals surface area contributed by atoms with Gasteiger partial charge in [-0.2, -0.15) is 5.26 Å². The van der Waals surface area contributed by atoms with Crippen LogP contribution < -0.4 is 15.0 Å². The van der Waals surface area contributed by atoms with Crippen molar-refractivity contribution in [3.8, 4) is 17.6 Å². The Morgan fingerprint density at radius 1 is 0.967 bits per heavy atom. The molecule has 0 aliphatic carbocycles. The molecule has 0 spiro atoms. The van der Waals surface area contributed by atoms with Crippen LogP contribution in [0.15, 0.2) is 78.9 Å². The molecule has 1 aliphatic heterocycles. The zero-order valence-electron chi connectivity index (χ0n) is 16.1. The van der Waals surface area contributed by atoms with Gasteiger partial charge in [0.15, 0.2) is 0 Å². The molecule has 4 rings (SSSR count).